The minimum Gasteiger partial charge on any atom is -0.478 e. The molecule has 2 rings (SSSR count). The van der Waals surface area contributed by atoms with Crippen molar-refractivity contribution in [2.75, 3.05) is 0 Å². The molecule has 2 aromatic carbocycles. The van der Waals surface area contributed by atoms with E-state index in [1.807, 2.05) is 18.2 Å². The minimum absolute atomic E-state index is 0.0536. The summed E-state index contributed by atoms with van der Waals surface area (Å²) in [7, 11) is 0. The van der Waals surface area contributed by atoms with E-state index in [0.717, 1.165) is 5.56 Å². The number of hydrogen-bond donors (Lipinski definition) is 1. The predicted octanol–water partition coefficient (Wildman–Crippen LogP) is 3.56. The third-order valence-electron chi connectivity index (χ3n) is 2.92. The lowest BCUT2D eigenvalue weighted by Crippen LogP contribution is -2.36. The fraction of sp³-hybridized carbons (Fsp3) is 0.188. The summed E-state index contributed by atoms with van der Waals surface area (Å²) < 4.78 is 18.7. The summed E-state index contributed by atoms with van der Waals surface area (Å²) >= 11 is 6.01. The molecule has 0 aromatic heterocycles. The van der Waals surface area contributed by atoms with Crippen LogP contribution in [0.1, 0.15) is 12.5 Å². The zero-order chi connectivity index (χ0) is 15.2. The van der Waals surface area contributed by atoms with Crippen molar-refractivity contribution in [3.05, 3.63) is 64.9 Å². The maximum absolute atomic E-state index is 13.4. The molecule has 110 valence electrons. The largest absolute Gasteiger partial charge is 0.478 e. The molecule has 5 heteroatoms. The van der Waals surface area contributed by atoms with Crippen LogP contribution >= 0.6 is 11.6 Å². The van der Waals surface area contributed by atoms with Crippen LogP contribution in [0, 0.1) is 5.82 Å². The average Bonchev–Trinajstić information content (AvgIpc) is 2.48. The molecule has 0 aliphatic rings. The van der Waals surface area contributed by atoms with Crippen molar-refractivity contribution in [2.45, 2.75) is 19.6 Å². The Morgan fingerprint density at radius 3 is 2.62 bits per heavy atom. The highest BCUT2D eigenvalue weighted by molar-refractivity contribution is 6.31. The summed E-state index contributed by atoms with van der Waals surface area (Å²) in [6.45, 7) is 1.86. The maximum atomic E-state index is 13.4. The molecule has 0 heterocycles. The first kappa shape index (κ1) is 15.3. The summed E-state index contributed by atoms with van der Waals surface area (Å²) in [5, 5.41) is 3.29. The first-order valence-corrected chi connectivity index (χ1v) is 6.88. The molecule has 0 radical (unpaired) electrons. The number of rotatable bonds is 5. The zero-order valence-corrected chi connectivity index (χ0v) is 12.2. The van der Waals surface area contributed by atoms with Gasteiger partial charge in [-0.05, 0) is 30.7 Å². The Morgan fingerprint density at radius 1 is 1.24 bits per heavy atom. The van der Waals surface area contributed by atoms with Gasteiger partial charge in [-0.1, -0.05) is 41.9 Å². The van der Waals surface area contributed by atoms with Gasteiger partial charge >= 0.3 is 0 Å². The molecule has 1 unspecified atom stereocenters. The summed E-state index contributed by atoms with van der Waals surface area (Å²) in [5.41, 5.74) is 0.811. The summed E-state index contributed by atoms with van der Waals surface area (Å²) in [6.07, 6.45) is -0.801. The first-order chi connectivity index (χ1) is 10.1. The van der Waals surface area contributed by atoms with Gasteiger partial charge in [0.15, 0.2) is 17.7 Å². The third-order valence-corrected chi connectivity index (χ3v) is 3.29. The topological polar surface area (TPSA) is 38.3 Å². The molecule has 0 saturated heterocycles. The maximum Gasteiger partial charge on any atom is 0.261 e. The van der Waals surface area contributed by atoms with Crippen LogP contribution in [0.25, 0.3) is 0 Å². The number of halogens is 2. The molecular formula is C16H15ClFNO2. The first-order valence-electron chi connectivity index (χ1n) is 6.50. The molecule has 1 amide bonds. The van der Waals surface area contributed by atoms with E-state index in [4.69, 9.17) is 16.3 Å². The van der Waals surface area contributed by atoms with Gasteiger partial charge in [-0.3, -0.25) is 4.79 Å². The van der Waals surface area contributed by atoms with E-state index in [-0.39, 0.29) is 11.7 Å². The Hall–Kier alpha value is -2.07. The molecule has 0 bridgehead atoms. The summed E-state index contributed by atoms with van der Waals surface area (Å²) in [5.74, 6) is -0.778. The van der Waals surface area contributed by atoms with E-state index in [1.165, 1.54) is 12.1 Å². The highest BCUT2D eigenvalue weighted by Gasteiger charge is 2.16. The van der Waals surface area contributed by atoms with Gasteiger partial charge in [0, 0.05) is 11.6 Å². The van der Waals surface area contributed by atoms with Crippen molar-refractivity contribution in [2.24, 2.45) is 0 Å². The Balaban J connectivity index is 1.91. The number of benzene rings is 2. The molecule has 21 heavy (non-hydrogen) atoms. The van der Waals surface area contributed by atoms with Crippen LogP contribution in [0.15, 0.2) is 48.5 Å². The number of para-hydroxylation sites is 1. The van der Waals surface area contributed by atoms with Gasteiger partial charge in [0.25, 0.3) is 5.91 Å². The minimum atomic E-state index is -0.801. The van der Waals surface area contributed by atoms with Crippen molar-refractivity contribution in [1.82, 2.24) is 5.32 Å². The van der Waals surface area contributed by atoms with E-state index >= 15 is 0 Å². The fourth-order valence-electron chi connectivity index (χ4n) is 1.75. The van der Waals surface area contributed by atoms with Crippen LogP contribution in [-0.2, 0) is 11.3 Å². The van der Waals surface area contributed by atoms with E-state index in [2.05, 4.69) is 5.32 Å². The molecule has 0 fully saturated rings. The number of hydrogen-bond acceptors (Lipinski definition) is 2. The normalized spacial score (nSPS) is 11.8. The highest BCUT2D eigenvalue weighted by atomic mass is 35.5. The van der Waals surface area contributed by atoms with Gasteiger partial charge in [-0.25, -0.2) is 4.39 Å². The standard InChI is InChI=1S/C16H15ClFNO2/c1-11(21-15-9-5-4-8-14(15)18)16(20)19-10-12-6-2-3-7-13(12)17/h2-9,11H,10H2,1H3,(H,19,20). The Kier molecular flexibility index (Phi) is 5.17. The van der Waals surface area contributed by atoms with Gasteiger partial charge in [0.1, 0.15) is 0 Å². The van der Waals surface area contributed by atoms with Crippen LogP contribution < -0.4 is 10.1 Å². The second kappa shape index (κ2) is 7.09. The highest BCUT2D eigenvalue weighted by Crippen LogP contribution is 2.17. The lowest BCUT2D eigenvalue weighted by Gasteiger charge is -2.15. The second-order valence-electron chi connectivity index (χ2n) is 4.50. The molecule has 2 aromatic rings. The SMILES string of the molecule is CC(Oc1ccccc1F)C(=O)NCc1ccccc1Cl. The Morgan fingerprint density at radius 2 is 1.90 bits per heavy atom. The quantitative estimate of drug-likeness (QED) is 0.917. The van der Waals surface area contributed by atoms with Crippen molar-refractivity contribution < 1.29 is 13.9 Å². The van der Waals surface area contributed by atoms with Crippen molar-refractivity contribution in [3.63, 3.8) is 0 Å². The summed E-state index contributed by atoms with van der Waals surface area (Å²) in [4.78, 5) is 11.9. The molecule has 1 N–H and O–H groups in total. The monoisotopic (exact) mass is 307 g/mol. The van der Waals surface area contributed by atoms with Gasteiger partial charge in [0.2, 0.25) is 0 Å². The number of nitrogens with one attached hydrogen (secondary N) is 1. The number of ether oxygens (including phenoxy) is 1. The van der Waals surface area contributed by atoms with Gasteiger partial charge in [-0.15, -0.1) is 0 Å². The number of carbonyl (C=O) groups excluding carboxylic acids is 1. The number of amides is 1. The molecule has 0 saturated carbocycles. The zero-order valence-electron chi connectivity index (χ0n) is 11.5. The van der Waals surface area contributed by atoms with Crippen LogP contribution in [0.4, 0.5) is 4.39 Å². The van der Waals surface area contributed by atoms with Gasteiger partial charge in [0.05, 0.1) is 0 Å². The molecule has 0 spiro atoms. The molecule has 0 aliphatic heterocycles. The van der Waals surface area contributed by atoms with Crippen LogP contribution in [-0.4, -0.2) is 12.0 Å². The molecular weight excluding hydrogens is 293 g/mol. The van der Waals surface area contributed by atoms with Gasteiger partial charge in [-0.2, -0.15) is 0 Å². The van der Waals surface area contributed by atoms with Gasteiger partial charge < -0.3 is 10.1 Å². The molecule has 1 atom stereocenters. The molecule has 3 nitrogen and oxygen atoms in total. The van der Waals surface area contributed by atoms with E-state index in [1.54, 1.807) is 25.1 Å². The lowest BCUT2D eigenvalue weighted by molar-refractivity contribution is -0.127. The Labute approximate surface area is 127 Å². The number of carbonyl (C=O) groups is 1. The van der Waals surface area contributed by atoms with Crippen molar-refractivity contribution >= 4 is 17.5 Å². The van der Waals surface area contributed by atoms with E-state index in [0.29, 0.717) is 11.6 Å². The lowest BCUT2D eigenvalue weighted by atomic mass is 10.2. The predicted molar refractivity (Wildman–Crippen MR) is 79.8 cm³/mol. The Bertz CT molecular complexity index is 633. The van der Waals surface area contributed by atoms with Crippen LogP contribution in [0.3, 0.4) is 0 Å². The van der Waals surface area contributed by atoms with Crippen molar-refractivity contribution in [1.29, 1.82) is 0 Å². The fourth-order valence-corrected chi connectivity index (χ4v) is 1.95. The van der Waals surface area contributed by atoms with Crippen LogP contribution in [0.2, 0.25) is 5.02 Å². The molecule has 0 aliphatic carbocycles. The van der Waals surface area contributed by atoms with Crippen LogP contribution in [0.5, 0.6) is 5.75 Å². The summed E-state index contributed by atoms with van der Waals surface area (Å²) in [6, 6.07) is 13.2. The average molecular weight is 308 g/mol. The van der Waals surface area contributed by atoms with E-state index < -0.39 is 11.9 Å². The van der Waals surface area contributed by atoms with Crippen molar-refractivity contribution in [3.8, 4) is 5.75 Å². The third kappa shape index (κ3) is 4.20. The second-order valence-corrected chi connectivity index (χ2v) is 4.91. The van der Waals surface area contributed by atoms with E-state index in [9.17, 15) is 9.18 Å². The smallest absolute Gasteiger partial charge is 0.261 e.